The lowest BCUT2D eigenvalue weighted by molar-refractivity contribution is -0.130. The second-order valence-electron chi connectivity index (χ2n) is 6.48. The summed E-state index contributed by atoms with van der Waals surface area (Å²) < 4.78 is 11.0. The molecule has 0 radical (unpaired) electrons. The maximum absolute atomic E-state index is 11.3. The Balaban J connectivity index is 1.48. The average Bonchev–Trinajstić information content (AvgIpc) is 3.13. The van der Waals surface area contributed by atoms with Crippen molar-refractivity contribution in [1.82, 2.24) is 20.4 Å². The summed E-state index contributed by atoms with van der Waals surface area (Å²) in [5, 5.41) is 6.65. The smallest absolute Gasteiger partial charge is 0.219 e. The number of nitrogens with one attached hydrogen (secondary N) is 2. The maximum atomic E-state index is 11.3. The standard InChI is InChI=1S/C17H33N5O3/c1-15(23)22-10-8-21(9-11-22)7-6-20-17(18-2)19-5-3-12-25-16-4-13-24-14-16/h16H,3-14H2,1-2H3,(H2,18,19,20). The molecule has 1 amide bonds. The highest BCUT2D eigenvalue weighted by Gasteiger charge is 2.18. The van der Waals surface area contributed by atoms with Crippen molar-refractivity contribution in [1.29, 1.82) is 0 Å². The molecule has 2 fully saturated rings. The zero-order valence-corrected chi connectivity index (χ0v) is 15.6. The molecule has 0 aliphatic carbocycles. The summed E-state index contributed by atoms with van der Waals surface area (Å²) in [6.07, 6.45) is 2.24. The van der Waals surface area contributed by atoms with Gasteiger partial charge in [-0.3, -0.25) is 14.7 Å². The fraction of sp³-hybridized carbons (Fsp3) is 0.882. The number of ether oxygens (including phenoxy) is 2. The van der Waals surface area contributed by atoms with Crippen molar-refractivity contribution in [2.75, 3.05) is 72.7 Å². The molecule has 0 saturated carbocycles. The van der Waals surface area contributed by atoms with Crippen LogP contribution in [-0.2, 0) is 14.3 Å². The average molecular weight is 355 g/mol. The fourth-order valence-electron chi connectivity index (χ4n) is 3.01. The minimum absolute atomic E-state index is 0.173. The van der Waals surface area contributed by atoms with Gasteiger partial charge in [-0.1, -0.05) is 0 Å². The lowest BCUT2D eigenvalue weighted by Gasteiger charge is -2.34. The highest BCUT2D eigenvalue weighted by molar-refractivity contribution is 5.79. The minimum atomic E-state index is 0.173. The van der Waals surface area contributed by atoms with Crippen LogP contribution in [0.3, 0.4) is 0 Å². The third kappa shape index (κ3) is 7.58. The van der Waals surface area contributed by atoms with E-state index in [4.69, 9.17) is 9.47 Å². The van der Waals surface area contributed by atoms with Crippen molar-refractivity contribution < 1.29 is 14.3 Å². The molecular formula is C17H33N5O3. The van der Waals surface area contributed by atoms with Crippen LogP contribution in [0, 0.1) is 0 Å². The molecule has 144 valence electrons. The van der Waals surface area contributed by atoms with Crippen LogP contribution >= 0.6 is 0 Å². The van der Waals surface area contributed by atoms with Gasteiger partial charge in [0.15, 0.2) is 5.96 Å². The lowest BCUT2D eigenvalue weighted by Crippen LogP contribution is -2.50. The van der Waals surface area contributed by atoms with Crippen LogP contribution in [0.25, 0.3) is 0 Å². The van der Waals surface area contributed by atoms with Crippen LogP contribution in [0.1, 0.15) is 19.8 Å². The summed E-state index contributed by atoms with van der Waals surface area (Å²) in [4.78, 5) is 19.8. The fourth-order valence-corrected chi connectivity index (χ4v) is 3.01. The number of amides is 1. The molecule has 2 N–H and O–H groups in total. The number of aliphatic imine (C=N–C) groups is 1. The van der Waals surface area contributed by atoms with Crippen LogP contribution in [0.15, 0.2) is 4.99 Å². The maximum Gasteiger partial charge on any atom is 0.219 e. The van der Waals surface area contributed by atoms with E-state index in [-0.39, 0.29) is 12.0 Å². The molecule has 1 unspecified atom stereocenters. The molecule has 8 nitrogen and oxygen atoms in total. The Labute approximate surface area is 150 Å². The Hall–Kier alpha value is -1.38. The molecule has 2 aliphatic heterocycles. The number of guanidine groups is 1. The predicted octanol–water partition coefficient (Wildman–Crippen LogP) is -0.489. The molecule has 25 heavy (non-hydrogen) atoms. The summed E-state index contributed by atoms with van der Waals surface area (Å²) in [6, 6.07) is 0. The third-order valence-corrected chi connectivity index (χ3v) is 4.62. The molecular weight excluding hydrogens is 322 g/mol. The van der Waals surface area contributed by atoms with Crippen molar-refractivity contribution in [2.24, 2.45) is 4.99 Å². The molecule has 1 atom stereocenters. The SMILES string of the molecule is CN=C(NCCCOC1CCOC1)NCCN1CCN(C(C)=O)CC1. The van der Waals surface area contributed by atoms with E-state index in [2.05, 4.69) is 20.5 Å². The van der Waals surface area contributed by atoms with Crippen LogP contribution in [0.2, 0.25) is 0 Å². The predicted molar refractivity (Wildman–Crippen MR) is 97.9 cm³/mol. The number of hydrogen-bond acceptors (Lipinski definition) is 5. The van der Waals surface area contributed by atoms with Crippen molar-refractivity contribution >= 4 is 11.9 Å². The zero-order chi connectivity index (χ0) is 17.9. The normalized spacial score (nSPS) is 22.2. The van der Waals surface area contributed by atoms with Gasteiger partial charge in [0.1, 0.15) is 0 Å². The summed E-state index contributed by atoms with van der Waals surface area (Å²) >= 11 is 0. The van der Waals surface area contributed by atoms with Gasteiger partial charge in [-0.15, -0.1) is 0 Å². The Morgan fingerprint density at radius 2 is 2.00 bits per heavy atom. The van der Waals surface area contributed by atoms with E-state index in [9.17, 15) is 4.79 Å². The van der Waals surface area contributed by atoms with E-state index in [1.54, 1.807) is 14.0 Å². The van der Waals surface area contributed by atoms with Gasteiger partial charge in [0.2, 0.25) is 5.91 Å². The first-order valence-corrected chi connectivity index (χ1v) is 9.31. The second kappa shape index (κ2) is 11.3. The molecule has 0 aromatic carbocycles. The van der Waals surface area contributed by atoms with Crippen LogP contribution < -0.4 is 10.6 Å². The van der Waals surface area contributed by atoms with E-state index in [1.165, 1.54) is 0 Å². The number of hydrogen-bond donors (Lipinski definition) is 2. The highest BCUT2D eigenvalue weighted by Crippen LogP contribution is 2.07. The summed E-state index contributed by atoms with van der Waals surface area (Å²) in [7, 11) is 1.79. The molecule has 0 aromatic rings. The van der Waals surface area contributed by atoms with Crippen LogP contribution in [-0.4, -0.2) is 100 Å². The number of nitrogens with zero attached hydrogens (tertiary/aromatic N) is 3. The lowest BCUT2D eigenvalue weighted by atomic mass is 10.3. The van der Waals surface area contributed by atoms with Gasteiger partial charge in [0.05, 0.1) is 12.7 Å². The molecule has 0 spiro atoms. The largest absolute Gasteiger partial charge is 0.379 e. The van der Waals surface area contributed by atoms with Crippen molar-refractivity contribution in [3.05, 3.63) is 0 Å². The number of piperazine rings is 1. The van der Waals surface area contributed by atoms with E-state index < -0.39 is 0 Å². The molecule has 2 rings (SSSR count). The van der Waals surface area contributed by atoms with Crippen molar-refractivity contribution in [3.63, 3.8) is 0 Å². The molecule has 0 aromatic heterocycles. The van der Waals surface area contributed by atoms with Crippen molar-refractivity contribution in [2.45, 2.75) is 25.9 Å². The number of rotatable bonds is 8. The Bertz CT molecular complexity index is 419. The van der Waals surface area contributed by atoms with Crippen LogP contribution in [0.4, 0.5) is 0 Å². The highest BCUT2D eigenvalue weighted by atomic mass is 16.5. The third-order valence-electron chi connectivity index (χ3n) is 4.62. The molecule has 2 heterocycles. The monoisotopic (exact) mass is 355 g/mol. The number of carbonyl (C=O) groups is 1. The van der Waals surface area contributed by atoms with Crippen molar-refractivity contribution in [3.8, 4) is 0 Å². The minimum Gasteiger partial charge on any atom is -0.379 e. The summed E-state index contributed by atoms with van der Waals surface area (Å²) in [5.41, 5.74) is 0. The summed E-state index contributed by atoms with van der Waals surface area (Å²) in [5.74, 6) is 0.999. The second-order valence-corrected chi connectivity index (χ2v) is 6.48. The van der Waals surface area contributed by atoms with Gasteiger partial charge in [-0.2, -0.15) is 0 Å². The van der Waals surface area contributed by atoms with E-state index in [0.717, 1.165) is 84.4 Å². The van der Waals surface area contributed by atoms with Gasteiger partial charge in [0, 0.05) is 73.0 Å². The van der Waals surface area contributed by atoms with Gasteiger partial charge in [0.25, 0.3) is 0 Å². The topological polar surface area (TPSA) is 78.4 Å². The molecule has 8 heteroatoms. The molecule has 2 aliphatic rings. The van der Waals surface area contributed by atoms with Gasteiger partial charge in [-0.05, 0) is 12.8 Å². The Morgan fingerprint density at radius 1 is 1.24 bits per heavy atom. The number of carbonyl (C=O) groups excluding carboxylic acids is 1. The quantitative estimate of drug-likeness (QED) is 0.348. The van der Waals surface area contributed by atoms with E-state index >= 15 is 0 Å². The Morgan fingerprint density at radius 3 is 2.64 bits per heavy atom. The first kappa shape index (κ1) is 19.9. The van der Waals surface area contributed by atoms with E-state index in [1.807, 2.05) is 4.90 Å². The zero-order valence-electron chi connectivity index (χ0n) is 15.6. The first-order chi connectivity index (χ1) is 12.2. The molecule has 2 saturated heterocycles. The summed E-state index contributed by atoms with van der Waals surface area (Å²) in [6.45, 7) is 10.1. The first-order valence-electron chi connectivity index (χ1n) is 9.31. The van der Waals surface area contributed by atoms with Gasteiger partial charge < -0.3 is 25.0 Å². The van der Waals surface area contributed by atoms with Gasteiger partial charge >= 0.3 is 0 Å². The van der Waals surface area contributed by atoms with Crippen LogP contribution in [0.5, 0.6) is 0 Å². The molecule has 0 bridgehead atoms. The Kier molecular flexibility index (Phi) is 8.99. The van der Waals surface area contributed by atoms with Gasteiger partial charge in [-0.25, -0.2) is 0 Å². The van der Waals surface area contributed by atoms with E-state index in [0.29, 0.717) is 0 Å².